The summed E-state index contributed by atoms with van der Waals surface area (Å²) in [5.41, 5.74) is 2.56. The molecular formula is C20H21N3O3. The van der Waals surface area contributed by atoms with Crippen molar-refractivity contribution in [3.63, 3.8) is 0 Å². The van der Waals surface area contributed by atoms with Gasteiger partial charge in [0.2, 0.25) is 0 Å². The van der Waals surface area contributed by atoms with E-state index in [9.17, 15) is 14.4 Å². The molecule has 1 aliphatic heterocycles. The van der Waals surface area contributed by atoms with Crippen LogP contribution in [0.1, 0.15) is 24.1 Å². The highest BCUT2D eigenvalue weighted by Crippen LogP contribution is 2.35. The number of anilines is 1. The molecule has 1 heterocycles. The number of carbonyl (C=O) groups is 3. The number of hydrogen-bond donors (Lipinski definition) is 2. The first-order valence-corrected chi connectivity index (χ1v) is 8.64. The molecule has 1 aliphatic rings. The summed E-state index contributed by atoms with van der Waals surface area (Å²) >= 11 is 0. The first kappa shape index (κ1) is 17.7. The van der Waals surface area contributed by atoms with E-state index in [1.54, 1.807) is 11.0 Å². The quantitative estimate of drug-likeness (QED) is 0.803. The summed E-state index contributed by atoms with van der Waals surface area (Å²) in [5, 5.41) is 5.15. The SMILES string of the molecule is CCN1C(=O)[C@H](NC(=O)C(=O)NCCc2ccccc2)c2ccccc21. The van der Waals surface area contributed by atoms with E-state index in [0.29, 0.717) is 25.1 Å². The van der Waals surface area contributed by atoms with Gasteiger partial charge in [-0.2, -0.15) is 0 Å². The lowest BCUT2D eigenvalue weighted by Gasteiger charge is -2.15. The number of para-hydroxylation sites is 1. The third-order valence-corrected chi connectivity index (χ3v) is 4.39. The zero-order chi connectivity index (χ0) is 18.5. The zero-order valence-corrected chi connectivity index (χ0v) is 14.6. The molecule has 2 N–H and O–H groups in total. The maximum absolute atomic E-state index is 12.5. The van der Waals surface area contributed by atoms with Gasteiger partial charge >= 0.3 is 11.8 Å². The van der Waals surface area contributed by atoms with Crippen molar-refractivity contribution in [3.05, 3.63) is 65.7 Å². The van der Waals surface area contributed by atoms with Crippen molar-refractivity contribution in [1.82, 2.24) is 10.6 Å². The number of likely N-dealkylation sites (N-methyl/N-ethyl adjacent to an activating group) is 1. The number of nitrogens with one attached hydrogen (secondary N) is 2. The largest absolute Gasteiger partial charge is 0.348 e. The van der Waals surface area contributed by atoms with Gasteiger partial charge in [-0.3, -0.25) is 14.4 Å². The molecule has 0 spiro atoms. The lowest BCUT2D eigenvalue weighted by Crippen LogP contribution is -2.44. The third kappa shape index (κ3) is 3.59. The molecule has 6 heteroatoms. The monoisotopic (exact) mass is 351 g/mol. The lowest BCUT2D eigenvalue weighted by molar-refractivity contribution is -0.140. The first-order chi connectivity index (χ1) is 12.6. The molecule has 0 radical (unpaired) electrons. The molecule has 0 aliphatic carbocycles. The highest BCUT2D eigenvalue weighted by molar-refractivity contribution is 6.35. The van der Waals surface area contributed by atoms with E-state index in [4.69, 9.17) is 0 Å². The van der Waals surface area contributed by atoms with Crippen LogP contribution in [-0.4, -0.2) is 30.8 Å². The molecule has 6 nitrogen and oxygen atoms in total. The highest BCUT2D eigenvalue weighted by Gasteiger charge is 2.37. The Kier molecular flexibility index (Phi) is 5.31. The minimum atomic E-state index is -0.821. The second kappa shape index (κ2) is 7.82. The Bertz CT molecular complexity index is 820. The standard InChI is InChI=1S/C20H21N3O3/c1-2-23-16-11-7-6-10-15(16)17(20(23)26)22-19(25)18(24)21-13-12-14-8-4-3-5-9-14/h3-11,17H,2,12-13H2,1H3,(H,21,24)(H,22,25)/t17-/m1/s1. The number of fused-ring (bicyclic) bond motifs is 1. The van der Waals surface area contributed by atoms with Gasteiger partial charge in [-0.25, -0.2) is 0 Å². The number of benzene rings is 2. The van der Waals surface area contributed by atoms with Gasteiger partial charge < -0.3 is 15.5 Å². The average Bonchev–Trinajstić information content (AvgIpc) is 2.93. The number of hydrogen-bond acceptors (Lipinski definition) is 3. The molecule has 2 aromatic rings. The molecule has 26 heavy (non-hydrogen) atoms. The normalized spacial score (nSPS) is 15.5. The van der Waals surface area contributed by atoms with Crippen LogP contribution in [0.3, 0.4) is 0 Å². The van der Waals surface area contributed by atoms with Crippen LogP contribution in [0.5, 0.6) is 0 Å². The van der Waals surface area contributed by atoms with E-state index >= 15 is 0 Å². The van der Waals surface area contributed by atoms with E-state index in [2.05, 4.69) is 10.6 Å². The van der Waals surface area contributed by atoms with Crippen LogP contribution in [-0.2, 0) is 20.8 Å². The van der Waals surface area contributed by atoms with Crippen molar-refractivity contribution in [2.75, 3.05) is 18.0 Å². The molecular weight excluding hydrogens is 330 g/mol. The average molecular weight is 351 g/mol. The van der Waals surface area contributed by atoms with Gasteiger partial charge in [-0.15, -0.1) is 0 Å². The molecule has 1 atom stereocenters. The minimum Gasteiger partial charge on any atom is -0.348 e. The van der Waals surface area contributed by atoms with E-state index < -0.39 is 17.9 Å². The van der Waals surface area contributed by atoms with Crippen molar-refractivity contribution in [2.45, 2.75) is 19.4 Å². The van der Waals surface area contributed by atoms with Crippen molar-refractivity contribution >= 4 is 23.4 Å². The fraction of sp³-hybridized carbons (Fsp3) is 0.250. The van der Waals surface area contributed by atoms with Crippen molar-refractivity contribution < 1.29 is 14.4 Å². The first-order valence-electron chi connectivity index (χ1n) is 8.64. The van der Waals surface area contributed by atoms with Gasteiger partial charge in [0.05, 0.1) is 0 Å². The second-order valence-electron chi connectivity index (χ2n) is 6.04. The van der Waals surface area contributed by atoms with Gasteiger partial charge in [0.25, 0.3) is 5.91 Å². The smallest absolute Gasteiger partial charge is 0.310 e. The van der Waals surface area contributed by atoms with Crippen molar-refractivity contribution in [1.29, 1.82) is 0 Å². The number of amides is 3. The van der Waals surface area contributed by atoms with Crippen LogP contribution in [0.2, 0.25) is 0 Å². The molecule has 0 aromatic heterocycles. The van der Waals surface area contributed by atoms with Gasteiger partial charge in [0.1, 0.15) is 6.04 Å². The number of carbonyl (C=O) groups excluding carboxylic acids is 3. The Hall–Kier alpha value is -3.15. The van der Waals surface area contributed by atoms with Gasteiger partial charge in [0.15, 0.2) is 0 Å². The Morgan fingerprint density at radius 2 is 1.69 bits per heavy atom. The summed E-state index contributed by atoms with van der Waals surface area (Å²) in [4.78, 5) is 38.4. The number of rotatable bonds is 5. The Labute approximate surface area is 152 Å². The Balaban J connectivity index is 1.59. The molecule has 0 fully saturated rings. The second-order valence-corrected chi connectivity index (χ2v) is 6.04. The predicted molar refractivity (Wildman–Crippen MR) is 98.5 cm³/mol. The van der Waals surface area contributed by atoms with Crippen LogP contribution in [0.15, 0.2) is 54.6 Å². The predicted octanol–water partition coefficient (Wildman–Crippen LogP) is 1.57. The summed E-state index contributed by atoms with van der Waals surface area (Å²) in [6.07, 6.45) is 0.634. The summed E-state index contributed by atoms with van der Waals surface area (Å²) in [5.74, 6) is -1.76. The van der Waals surface area contributed by atoms with Crippen LogP contribution < -0.4 is 15.5 Å². The van der Waals surface area contributed by atoms with Gasteiger partial charge in [0, 0.05) is 24.3 Å². The van der Waals surface area contributed by atoms with E-state index in [-0.39, 0.29) is 5.91 Å². The Morgan fingerprint density at radius 3 is 2.42 bits per heavy atom. The molecule has 134 valence electrons. The van der Waals surface area contributed by atoms with E-state index in [0.717, 1.165) is 11.3 Å². The van der Waals surface area contributed by atoms with Crippen LogP contribution >= 0.6 is 0 Å². The highest BCUT2D eigenvalue weighted by atomic mass is 16.2. The van der Waals surface area contributed by atoms with Gasteiger partial charge in [-0.05, 0) is 25.0 Å². The molecule has 3 amide bonds. The fourth-order valence-electron chi connectivity index (χ4n) is 3.09. The maximum atomic E-state index is 12.5. The van der Waals surface area contributed by atoms with Crippen molar-refractivity contribution in [3.8, 4) is 0 Å². The van der Waals surface area contributed by atoms with E-state index in [1.807, 2.05) is 55.5 Å². The zero-order valence-electron chi connectivity index (χ0n) is 14.6. The van der Waals surface area contributed by atoms with Gasteiger partial charge in [-0.1, -0.05) is 48.5 Å². The summed E-state index contributed by atoms with van der Waals surface area (Å²) in [6.45, 7) is 2.73. The lowest BCUT2D eigenvalue weighted by atomic mass is 10.1. The number of nitrogens with zero attached hydrogens (tertiary/aromatic N) is 1. The minimum absolute atomic E-state index is 0.223. The molecule has 0 saturated heterocycles. The summed E-state index contributed by atoms with van der Waals surface area (Å²) in [7, 11) is 0. The van der Waals surface area contributed by atoms with Crippen molar-refractivity contribution in [2.24, 2.45) is 0 Å². The molecule has 0 bridgehead atoms. The molecule has 2 aromatic carbocycles. The summed E-state index contributed by atoms with van der Waals surface area (Å²) < 4.78 is 0. The molecule has 0 saturated carbocycles. The topological polar surface area (TPSA) is 78.5 Å². The van der Waals surface area contributed by atoms with Crippen LogP contribution in [0.4, 0.5) is 5.69 Å². The maximum Gasteiger partial charge on any atom is 0.310 e. The molecule has 0 unspecified atom stereocenters. The third-order valence-electron chi connectivity index (χ3n) is 4.39. The van der Waals surface area contributed by atoms with Crippen LogP contribution in [0, 0.1) is 0 Å². The summed E-state index contributed by atoms with van der Waals surface area (Å²) in [6, 6.07) is 16.1. The Morgan fingerprint density at radius 1 is 1.00 bits per heavy atom. The molecule has 3 rings (SSSR count). The van der Waals surface area contributed by atoms with Crippen LogP contribution in [0.25, 0.3) is 0 Å². The van der Waals surface area contributed by atoms with E-state index in [1.165, 1.54) is 0 Å². The fourth-order valence-corrected chi connectivity index (χ4v) is 3.09.